The van der Waals surface area contributed by atoms with Crippen LogP contribution >= 0.6 is 11.3 Å². The number of amides is 2. The van der Waals surface area contributed by atoms with Gasteiger partial charge in [0, 0.05) is 31.9 Å². The summed E-state index contributed by atoms with van der Waals surface area (Å²) in [6.45, 7) is 3.90. The van der Waals surface area contributed by atoms with Crippen molar-refractivity contribution in [2.75, 3.05) is 25.5 Å². The molecular weight excluding hydrogens is 426 g/mol. The summed E-state index contributed by atoms with van der Waals surface area (Å²) in [6.07, 6.45) is 3.46. The van der Waals surface area contributed by atoms with E-state index in [9.17, 15) is 9.59 Å². The van der Waals surface area contributed by atoms with Crippen molar-refractivity contribution in [1.82, 2.24) is 15.2 Å². The molecule has 0 spiro atoms. The molecule has 3 rings (SSSR count). The van der Waals surface area contributed by atoms with Gasteiger partial charge in [-0.05, 0) is 49.9 Å². The number of nitrogens with two attached hydrogens (primary N) is 2. The van der Waals surface area contributed by atoms with Crippen LogP contribution < -0.4 is 22.1 Å². The highest BCUT2D eigenvalue weighted by Gasteiger charge is 2.26. The number of nitrogens with zero attached hydrogens (tertiary/aromatic N) is 3. The molecule has 172 valence electrons. The summed E-state index contributed by atoms with van der Waals surface area (Å²) < 4.78 is 0. The molecule has 1 saturated heterocycles. The van der Waals surface area contributed by atoms with Gasteiger partial charge in [-0.2, -0.15) is 0 Å². The monoisotopic (exact) mass is 457 g/mol. The minimum absolute atomic E-state index is 0.0173. The van der Waals surface area contributed by atoms with Crippen molar-refractivity contribution in [1.29, 1.82) is 0 Å². The lowest BCUT2D eigenvalue weighted by Crippen LogP contribution is -2.41. The van der Waals surface area contributed by atoms with Gasteiger partial charge >= 0.3 is 0 Å². The number of hydrogen-bond acceptors (Lipinski definition) is 6. The molecule has 9 nitrogen and oxygen atoms in total. The van der Waals surface area contributed by atoms with Crippen molar-refractivity contribution in [3.05, 3.63) is 40.4 Å². The van der Waals surface area contributed by atoms with Crippen molar-refractivity contribution < 1.29 is 9.59 Å². The van der Waals surface area contributed by atoms with Crippen LogP contribution in [0.25, 0.3) is 0 Å². The minimum Gasteiger partial charge on any atom is -0.370 e. The average molecular weight is 458 g/mol. The van der Waals surface area contributed by atoms with Gasteiger partial charge in [-0.15, -0.1) is 11.3 Å². The molecule has 0 saturated carbocycles. The number of aromatic nitrogens is 1. The Bertz CT molecular complexity index is 967. The number of likely N-dealkylation sites (tertiary alicyclic amines) is 1. The van der Waals surface area contributed by atoms with E-state index in [-0.39, 0.29) is 23.7 Å². The predicted octanol–water partition coefficient (Wildman–Crippen LogP) is 1.75. The van der Waals surface area contributed by atoms with E-state index in [0.29, 0.717) is 10.8 Å². The number of nitrogens with one attached hydrogen (secondary N) is 2. The number of thiazole rings is 1. The summed E-state index contributed by atoms with van der Waals surface area (Å²) in [5.41, 5.74) is 13.7. The van der Waals surface area contributed by atoms with Crippen molar-refractivity contribution in [3.8, 4) is 0 Å². The molecule has 1 aliphatic heterocycles. The fourth-order valence-electron chi connectivity index (χ4n) is 3.88. The first kappa shape index (κ1) is 23.7. The van der Waals surface area contributed by atoms with Gasteiger partial charge in [-0.25, -0.2) is 9.98 Å². The highest BCUT2D eigenvalue weighted by Crippen LogP contribution is 2.28. The fraction of sp³-hybridized carbons (Fsp3) is 0.455. The number of aliphatic imine (C=N–C) groups is 1. The van der Waals surface area contributed by atoms with Gasteiger partial charge in [0.2, 0.25) is 11.8 Å². The second-order valence-corrected chi connectivity index (χ2v) is 9.05. The van der Waals surface area contributed by atoms with Gasteiger partial charge in [-0.1, -0.05) is 12.1 Å². The lowest BCUT2D eigenvalue weighted by atomic mass is 9.97. The standard InChI is InChI=1S/C22H31N7O2S/c1-14(30)26-22-28-18(10-7-15-5-8-17(9-6-15)27-21(23)24)19(32-22)13-29-11-3-4-16(12-29)20(31)25-2/h5-6,8-9,16H,3-4,7,10-13H2,1-2H3,(H,25,31)(H4,23,24,27)(H,26,28,30)/t16-/m0/s1. The number of aryl methyl sites for hydroxylation is 2. The Balaban J connectivity index is 1.70. The van der Waals surface area contributed by atoms with E-state index in [1.165, 1.54) is 18.3 Å². The first-order valence-electron chi connectivity index (χ1n) is 10.7. The molecule has 10 heteroatoms. The number of hydrogen-bond donors (Lipinski definition) is 4. The highest BCUT2D eigenvalue weighted by atomic mass is 32.1. The Morgan fingerprint density at radius 1 is 1.25 bits per heavy atom. The van der Waals surface area contributed by atoms with Crippen LogP contribution in [0, 0.1) is 5.92 Å². The summed E-state index contributed by atoms with van der Waals surface area (Å²) >= 11 is 1.51. The molecule has 1 fully saturated rings. The molecule has 6 N–H and O–H groups in total. The van der Waals surface area contributed by atoms with Crippen LogP contribution in [0.1, 0.15) is 35.9 Å². The van der Waals surface area contributed by atoms with Crippen molar-refractivity contribution in [2.24, 2.45) is 22.4 Å². The number of benzene rings is 1. The maximum Gasteiger partial charge on any atom is 0.224 e. The van der Waals surface area contributed by atoms with E-state index in [1.54, 1.807) is 7.05 Å². The third-order valence-electron chi connectivity index (χ3n) is 5.40. The predicted molar refractivity (Wildman–Crippen MR) is 128 cm³/mol. The summed E-state index contributed by atoms with van der Waals surface area (Å²) in [4.78, 5) is 35.8. The van der Waals surface area contributed by atoms with Crippen LogP contribution in [0.4, 0.5) is 10.8 Å². The van der Waals surface area contributed by atoms with Gasteiger partial charge in [0.15, 0.2) is 11.1 Å². The molecule has 0 aliphatic carbocycles. The molecule has 2 amide bonds. The SMILES string of the molecule is CNC(=O)[C@H]1CCCN(Cc2sc(NC(C)=O)nc2CCc2ccc(N=C(N)N)cc2)C1. The second kappa shape index (κ2) is 11.1. The minimum atomic E-state index is -0.134. The van der Waals surface area contributed by atoms with Crippen LogP contribution in [0.15, 0.2) is 29.3 Å². The van der Waals surface area contributed by atoms with E-state index in [4.69, 9.17) is 11.5 Å². The van der Waals surface area contributed by atoms with Crippen LogP contribution in [-0.2, 0) is 29.0 Å². The van der Waals surface area contributed by atoms with E-state index >= 15 is 0 Å². The largest absolute Gasteiger partial charge is 0.370 e. The first-order chi connectivity index (χ1) is 15.3. The lowest BCUT2D eigenvalue weighted by Gasteiger charge is -2.31. The third kappa shape index (κ3) is 6.76. The van der Waals surface area contributed by atoms with Crippen LogP contribution in [0.3, 0.4) is 0 Å². The van der Waals surface area contributed by atoms with Gasteiger partial charge in [0.1, 0.15) is 0 Å². The number of piperidine rings is 1. The van der Waals surface area contributed by atoms with E-state index in [2.05, 4.69) is 25.5 Å². The maximum atomic E-state index is 12.1. The smallest absolute Gasteiger partial charge is 0.224 e. The normalized spacial score (nSPS) is 16.4. The van der Waals surface area contributed by atoms with E-state index in [1.807, 2.05) is 24.3 Å². The van der Waals surface area contributed by atoms with Gasteiger partial charge in [-0.3, -0.25) is 14.5 Å². The van der Waals surface area contributed by atoms with E-state index in [0.717, 1.165) is 61.5 Å². The van der Waals surface area contributed by atoms with Crippen molar-refractivity contribution >= 4 is 39.9 Å². The molecular formula is C22H31N7O2S. The Labute approximate surface area is 192 Å². The lowest BCUT2D eigenvalue weighted by molar-refractivity contribution is -0.126. The van der Waals surface area contributed by atoms with Crippen LogP contribution in [0.5, 0.6) is 0 Å². The topological polar surface area (TPSA) is 139 Å². The first-order valence-corrected chi connectivity index (χ1v) is 11.5. The van der Waals surface area contributed by atoms with E-state index < -0.39 is 0 Å². The quantitative estimate of drug-likeness (QED) is 0.352. The third-order valence-corrected chi connectivity index (χ3v) is 6.39. The molecule has 2 aromatic rings. The van der Waals surface area contributed by atoms with Gasteiger partial charge in [0.25, 0.3) is 0 Å². The highest BCUT2D eigenvalue weighted by molar-refractivity contribution is 7.15. The molecule has 0 bridgehead atoms. The molecule has 1 atom stereocenters. The fourth-order valence-corrected chi connectivity index (χ4v) is 4.97. The Morgan fingerprint density at radius 3 is 2.66 bits per heavy atom. The number of carbonyl (C=O) groups excluding carboxylic acids is 2. The molecule has 0 radical (unpaired) electrons. The maximum absolute atomic E-state index is 12.1. The van der Waals surface area contributed by atoms with Crippen molar-refractivity contribution in [3.63, 3.8) is 0 Å². The summed E-state index contributed by atoms with van der Waals surface area (Å²) in [6, 6.07) is 7.76. The van der Waals surface area contributed by atoms with Crippen LogP contribution in [-0.4, -0.2) is 47.8 Å². The number of guanidine groups is 1. The summed E-state index contributed by atoms with van der Waals surface area (Å²) in [5, 5.41) is 6.19. The average Bonchev–Trinajstić information content (AvgIpc) is 3.12. The molecule has 0 unspecified atom stereocenters. The number of anilines is 1. The van der Waals surface area contributed by atoms with Gasteiger partial charge < -0.3 is 22.1 Å². The molecule has 1 aliphatic rings. The molecule has 32 heavy (non-hydrogen) atoms. The summed E-state index contributed by atoms with van der Waals surface area (Å²) in [5.74, 6) is 0.0163. The zero-order chi connectivity index (χ0) is 23.1. The van der Waals surface area contributed by atoms with Crippen LogP contribution in [0.2, 0.25) is 0 Å². The Hall–Kier alpha value is -2.98. The number of carbonyl (C=O) groups is 2. The molecule has 2 heterocycles. The Kier molecular flexibility index (Phi) is 8.18. The molecule has 1 aromatic carbocycles. The summed E-state index contributed by atoms with van der Waals surface area (Å²) in [7, 11) is 1.69. The number of rotatable bonds is 8. The molecule has 1 aromatic heterocycles. The zero-order valence-corrected chi connectivity index (χ0v) is 19.4. The van der Waals surface area contributed by atoms with Crippen molar-refractivity contribution in [2.45, 2.75) is 39.2 Å². The zero-order valence-electron chi connectivity index (χ0n) is 18.6. The Morgan fingerprint density at radius 2 is 2.00 bits per heavy atom. The van der Waals surface area contributed by atoms with Gasteiger partial charge in [0.05, 0.1) is 17.3 Å². The second-order valence-electron chi connectivity index (χ2n) is 7.96.